The number of imidazole rings is 1. The lowest BCUT2D eigenvalue weighted by atomic mass is 10.2. The summed E-state index contributed by atoms with van der Waals surface area (Å²) in [5.74, 6) is -0.616. The number of nitrogens with one attached hydrogen (secondary N) is 2. The smallest absolute Gasteiger partial charge is 0.407 e. The number of aryl methyl sites for hydroxylation is 2. The number of hydrogen-bond acceptors (Lipinski definition) is 6. The first-order valence-corrected chi connectivity index (χ1v) is 11.3. The van der Waals surface area contributed by atoms with E-state index < -0.39 is 17.6 Å². The number of rotatable bonds is 8. The molecule has 3 aromatic rings. The highest BCUT2D eigenvalue weighted by Gasteiger charge is 2.18. The summed E-state index contributed by atoms with van der Waals surface area (Å²) in [5.41, 5.74) is 7.51. The van der Waals surface area contributed by atoms with Gasteiger partial charge in [-0.05, 0) is 58.9 Å². The van der Waals surface area contributed by atoms with E-state index in [0.29, 0.717) is 41.3 Å². The third-order valence-corrected chi connectivity index (χ3v) is 4.91. The second-order valence-corrected chi connectivity index (χ2v) is 8.91. The molecule has 4 N–H and O–H groups in total. The van der Waals surface area contributed by atoms with E-state index >= 15 is 0 Å². The minimum Gasteiger partial charge on any atom is -0.444 e. The summed E-state index contributed by atoms with van der Waals surface area (Å²) in [5, 5.41) is 9.82. The maximum Gasteiger partial charge on any atom is 0.407 e. The molecular formula is C24H31N7O4. The van der Waals surface area contributed by atoms with E-state index in [1.165, 1.54) is 0 Å². The van der Waals surface area contributed by atoms with Gasteiger partial charge in [0.15, 0.2) is 0 Å². The Balaban J connectivity index is 1.83. The second-order valence-electron chi connectivity index (χ2n) is 8.91. The van der Waals surface area contributed by atoms with Crippen LogP contribution >= 0.6 is 0 Å². The largest absolute Gasteiger partial charge is 0.444 e. The predicted molar refractivity (Wildman–Crippen MR) is 132 cm³/mol. The van der Waals surface area contributed by atoms with Crippen molar-refractivity contribution >= 4 is 34.9 Å². The number of nitrogens with two attached hydrogens (primary N) is 1. The monoisotopic (exact) mass is 481 g/mol. The van der Waals surface area contributed by atoms with Gasteiger partial charge in [0.05, 0.1) is 16.7 Å². The molecule has 0 saturated heterocycles. The maximum absolute atomic E-state index is 13.0. The number of aromatic nitrogens is 4. The van der Waals surface area contributed by atoms with Gasteiger partial charge in [0.1, 0.15) is 11.3 Å². The van der Waals surface area contributed by atoms with Gasteiger partial charge in [-0.25, -0.2) is 9.78 Å². The van der Waals surface area contributed by atoms with Crippen LogP contribution in [0.3, 0.4) is 0 Å². The number of fused-ring (bicyclic) bond motifs is 1. The van der Waals surface area contributed by atoms with Gasteiger partial charge in [0, 0.05) is 25.2 Å². The van der Waals surface area contributed by atoms with Gasteiger partial charge in [-0.1, -0.05) is 12.2 Å². The van der Waals surface area contributed by atoms with E-state index in [1.807, 2.05) is 19.9 Å². The van der Waals surface area contributed by atoms with Gasteiger partial charge in [0.25, 0.3) is 5.91 Å². The Morgan fingerprint density at radius 1 is 1.17 bits per heavy atom. The molecule has 0 aliphatic carbocycles. The van der Waals surface area contributed by atoms with Crippen molar-refractivity contribution < 1.29 is 19.1 Å². The number of carbonyl (C=O) groups excluding carboxylic acids is 3. The second kappa shape index (κ2) is 10.4. The zero-order valence-corrected chi connectivity index (χ0v) is 20.6. The first kappa shape index (κ1) is 25.5. The summed E-state index contributed by atoms with van der Waals surface area (Å²) in [6.07, 6.45) is 3.09. The summed E-state index contributed by atoms with van der Waals surface area (Å²) in [7, 11) is 0. The number of carbonyl (C=O) groups is 3. The van der Waals surface area contributed by atoms with Gasteiger partial charge in [-0.3, -0.25) is 19.6 Å². The number of alkyl carbamates (subject to hydrolysis) is 1. The molecule has 0 aliphatic rings. The highest BCUT2D eigenvalue weighted by atomic mass is 16.6. The van der Waals surface area contributed by atoms with Gasteiger partial charge in [0.2, 0.25) is 11.9 Å². The number of hydrogen-bond donors (Lipinski definition) is 3. The zero-order valence-electron chi connectivity index (χ0n) is 20.6. The van der Waals surface area contributed by atoms with Crippen molar-refractivity contribution in [1.82, 2.24) is 24.6 Å². The number of primary amides is 1. The van der Waals surface area contributed by atoms with E-state index in [1.54, 1.807) is 60.4 Å². The number of nitrogens with zero attached hydrogens (tertiary/aromatic N) is 4. The highest BCUT2D eigenvalue weighted by molar-refractivity contribution is 6.03. The van der Waals surface area contributed by atoms with E-state index in [4.69, 9.17) is 10.5 Å². The molecule has 0 aliphatic heterocycles. The molecule has 0 spiro atoms. The van der Waals surface area contributed by atoms with Gasteiger partial charge < -0.3 is 20.4 Å². The average Bonchev–Trinajstić information content (AvgIpc) is 3.31. The fraction of sp³-hybridized carbons (Fsp3) is 0.375. The van der Waals surface area contributed by atoms with Crippen LogP contribution in [0.5, 0.6) is 0 Å². The Morgan fingerprint density at radius 3 is 2.57 bits per heavy atom. The minimum atomic E-state index is -0.577. The molecule has 0 fully saturated rings. The SMILES string of the molecule is CCn1nc(C)cc1C(=O)Nc1nc2cc(C(N)=O)ccc2n1C/C=C/CNC(=O)OC(C)(C)C. The van der Waals surface area contributed by atoms with Crippen molar-refractivity contribution in [2.75, 3.05) is 11.9 Å². The Morgan fingerprint density at radius 2 is 1.91 bits per heavy atom. The molecule has 0 bridgehead atoms. The quantitative estimate of drug-likeness (QED) is 0.422. The number of amides is 3. The van der Waals surface area contributed by atoms with Crippen LogP contribution in [0.1, 0.15) is 54.2 Å². The van der Waals surface area contributed by atoms with Crippen molar-refractivity contribution in [2.45, 2.75) is 53.3 Å². The molecule has 11 heteroatoms. The number of ether oxygens (including phenoxy) is 1. The standard InChI is InChI=1S/C24H31N7O4/c1-6-31-19(13-15(2)29-31)21(33)28-22-27-17-14-16(20(25)32)9-10-18(17)30(22)12-8-7-11-26-23(34)35-24(3,4)5/h7-10,13-14H,6,11-12H2,1-5H3,(H2,25,32)(H,26,34)(H,27,28,33)/b8-7+. The molecule has 2 heterocycles. The molecule has 186 valence electrons. The molecular weight excluding hydrogens is 450 g/mol. The molecule has 1 aromatic carbocycles. The molecule has 0 saturated carbocycles. The predicted octanol–water partition coefficient (Wildman–Crippen LogP) is 2.99. The summed E-state index contributed by atoms with van der Waals surface area (Å²) < 4.78 is 8.62. The topological polar surface area (TPSA) is 146 Å². The Labute approximate surface area is 203 Å². The lowest BCUT2D eigenvalue weighted by Crippen LogP contribution is -2.32. The highest BCUT2D eigenvalue weighted by Crippen LogP contribution is 2.22. The van der Waals surface area contributed by atoms with Crippen molar-refractivity contribution in [3.63, 3.8) is 0 Å². The molecule has 11 nitrogen and oxygen atoms in total. The number of anilines is 1. The Bertz CT molecular complexity index is 1280. The average molecular weight is 482 g/mol. The first-order chi connectivity index (χ1) is 16.5. The Hall–Kier alpha value is -4.15. The van der Waals surface area contributed by atoms with Gasteiger partial charge >= 0.3 is 6.09 Å². The van der Waals surface area contributed by atoms with Crippen molar-refractivity contribution in [3.05, 3.63) is 53.4 Å². The van der Waals surface area contributed by atoms with Crippen molar-refractivity contribution in [2.24, 2.45) is 5.73 Å². The van der Waals surface area contributed by atoms with Crippen LogP contribution in [0.15, 0.2) is 36.4 Å². The van der Waals surface area contributed by atoms with Crippen LogP contribution < -0.4 is 16.4 Å². The van der Waals surface area contributed by atoms with Crippen LogP contribution in [-0.4, -0.2) is 49.4 Å². The third kappa shape index (κ3) is 6.46. The summed E-state index contributed by atoms with van der Waals surface area (Å²) in [6.45, 7) is 10.3. The van der Waals surface area contributed by atoms with Crippen LogP contribution in [0, 0.1) is 6.92 Å². The molecule has 0 unspecified atom stereocenters. The normalized spacial score (nSPS) is 11.7. The van der Waals surface area contributed by atoms with Crippen molar-refractivity contribution in [1.29, 1.82) is 0 Å². The van der Waals surface area contributed by atoms with Crippen LogP contribution in [0.2, 0.25) is 0 Å². The van der Waals surface area contributed by atoms with E-state index in [-0.39, 0.29) is 12.5 Å². The minimum absolute atomic E-state index is 0.268. The zero-order chi connectivity index (χ0) is 25.8. The number of benzene rings is 1. The van der Waals surface area contributed by atoms with Crippen LogP contribution in [-0.2, 0) is 17.8 Å². The van der Waals surface area contributed by atoms with Gasteiger partial charge in [-0.2, -0.15) is 5.10 Å². The van der Waals surface area contributed by atoms with Gasteiger partial charge in [-0.15, -0.1) is 0 Å². The molecule has 0 atom stereocenters. The molecule has 2 aromatic heterocycles. The molecule has 0 radical (unpaired) electrons. The molecule has 35 heavy (non-hydrogen) atoms. The fourth-order valence-electron chi connectivity index (χ4n) is 3.42. The molecule has 3 rings (SSSR count). The summed E-state index contributed by atoms with van der Waals surface area (Å²) >= 11 is 0. The first-order valence-electron chi connectivity index (χ1n) is 11.3. The Kier molecular flexibility index (Phi) is 7.58. The lowest BCUT2D eigenvalue weighted by molar-refractivity contribution is 0.0533. The fourth-order valence-corrected chi connectivity index (χ4v) is 3.42. The maximum atomic E-state index is 13.0. The molecule has 3 amide bonds. The van der Waals surface area contributed by atoms with Crippen LogP contribution in [0.4, 0.5) is 10.7 Å². The summed E-state index contributed by atoms with van der Waals surface area (Å²) in [4.78, 5) is 40.9. The van der Waals surface area contributed by atoms with E-state index in [2.05, 4.69) is 20.7 Å². The van der Waals surface area contributed by atoms with Crippen molar-refractivity contribution in [3.8, 4) is 0 Å². The van der Waals surface area contributed by atoms with Crippen LogP contribution in [0.25, 0.3) is 11.0 Å². The number of allylic oxidation sites excluding steroid dienone is 1. The van der Waals surface area contributed by atoms with E-state index in [9.17, 15) is 14.4 Å². The van der Waals surface area contributed by atoms with E-state index in [0.717, 1.165) is 5.69 Å². The third-order valence-electron chi connectivity index (χ3n) is 4.91. The lowest BCUT2D eigenvalue weighted by Gasteiger charge is -2.19. The summed E-state index contributed by atoms with van der Waals surface area (Å²) in [6, 6.07) is 6.63.